The minimum atomic E-state index is -0.482. The van der Waals surface area contributed by atoms with Crippen LogP contribution in [0.15, 0.2) is 39.8 Å². The summed E-state index contributed by atoms with van der Waals surface area (Å²) in [6.07, 6.45) is 1.23. The zero-order chi connectivity index (χ0) is 9.26. The average Bonchev–Trinajstić information content (AvgIpc) is 2.53. The second kappa shape index (κ2) is 2.85. The van der Waals surface area contributed by atoms with Crippen molar-refractivity contribution in [2.45, 2.75) is 0 Å². The highest BCUT2D eigenvalue weighted by Gasteiger charge is 2.09. The fourth-order valence-electron chi connectivity index (χ4n) is 0.981. The SMILES string of the molecule is O=c1c[n+](-c2ccc([18F])cc2)[nH]o1. The smallest absolute Gasteiger partial charge is 0.283 e. The van der Waals surface area contributed by atoms with E-state index in [1.165, 1.54) is 35.1 Å². The van der Waals surface area contributed by atoms with Gasteiger partial charge in [-0.1, -0.05) is 0 Å². The summed E-state index contributed by atoms with van der Waals surface area (Å²) in [6.45, 7) is 0. The van der Waals surface area contributed by atoms with Crippen molar-refractivity contribution in [2.75, 3.05) is 0 Å². The van der Waals surface area contributed by atoms with E-state index < -0.39 is 5.63 Å². The number of aromatic nitrogens is 2. The zero-order valence-corrected chi connectivity index (χ0v) is 6.53. The lowest BCUT2D eigenvalue weighted by Gasteiger charge is -1.87. The van der Waals surface area contributed by atoms with Gasteiger partial charge in [0.1, 0.15) is 5.82 Å². The number of nitrogens with one attached hydrogen (secondary N) is 1. The first-order chi connectivity index (χ1) is 6.25. The quantitative estimate of drug-likeness (QED) is 0.645. The van der Waals surface area contributed by atoms with Gasteiger partial charge < -0.3 is 0 Å². The van der Waals surface area contributed by atoms with E-state index >= 15 is 0 Å². The Morgan fingerprint density at radius 1 is 1.31 bits per heavy atom. The molecule has 0 amide bonds. The second-order valence-corrected chi connectivity index (χ2v) is 2.49. The number of halogens is 1. The lowest BCUT2D eigenvalue weighted by molar-refractivity contribution is -0.670. The maximum atomic E-state index is 12.5. The third kappa shape index (κ3) is 1.48. The van der Waals surface area contributed by atoms with E-state index in [4.69, 9.17) is 0 Å². The molecule has 0 fully saturated rings. The molecule has 4 nitrogen and oxygen atoms in total. The van der Waals surface area contributed by atoms with Gasteiger partial charge in [0.05, 0.1) is 0 Å². The molecule has 2 aromatic rings. The van der Waals surface area contributed by atoms with Gasteiger partial charge in [-0.05, 0) is 22.1 Å². The van der Waals surface area contributed by atoms with E-state index in [-0.39, 0.29) is 5.82 Å². The van der Waals surface area contributed by atoms with Gasteiger partial charge in [-0.15, -0.1) is 0 Å². The van der Waals surface area contributed by atoms with Crippen LogP contribution in [0.25, 0.3) is 5.69 Å². The second-order valence-electron chi connectivity index (χ2n) is 2.49. The number of H-pyrrole nitrogens is 1. The summed E-state index contributed by atoms with van der Waals surface area (Å²) in [5.74, 6) is -0.324. The fraction of sp³-hybridized carbons (Fsp3) is 0. The lowest BCUT2D eigenvalue weighted by atomic mass is 10.3. The summed E-state index contributed by atoms with van der Waals surface area (Å²) >= 11 is 0. The maximum absolute atomic E-state index is 12.5. The van der Waals surface area contributed by atoms with Crippen molar-refractivity contribution < 1.29 is 13.6 Å². The number of benzene rings is 1. The van der Waals surface area contributed by atoms with Crippen LogP contribution in [0.3, 0.4) is 0 Å². The molecule has 1 heterocycles. The molecule has 2 rings (SSSR count). The van der Waals surface area contributed by atoms with Crippen LogP contribution in [0.2, 0.25) is 0 Å². The molecule has 1 N–H and O–H groups in total. The molecule has 1 aromatic heterocycles. The van der Waals surface area contributed by atoms with Gasteiger partial charge in [-0.3, -0.25) is 4.52 Å². The zero-order valence-electron chi connectivity index (χ0n) is 6.53. The monoisotopic (exact) mass is 180 g/mol. The maximum Gasteiger partial charge on any atom is 0.427 e. The molecule has 0 unspecified atom stereocenters. The molecule has 0 saturated carbocycles. The Morgan fingerprint density at radius 2 is 2.00 bits per heavy atom. The molecule has 0 bridgehead atoms. The van der Waals surface area contributed by atoms with Gasteiger partial charge in [0.25, 0.3) is 6.20 Å². The Labute approximate surface area is 72.2 Å². The Morgan fingerprint density at radius 3 is 2.54 bits per heavy atom. The van der Waals surface area contributed by atoms with Crippen molar-refractivity contribution >= 4 is 0 Å². The molecule has 0 radical (unpaired) electrons. The molecule has 0 saturated heterocycles. The van der Waals surface area contributed by atoms with Crippen LogP contribution in [-0.2, 0) is 0 Å². The van der Waals surface area contributed by atoms with E-state index in [0.717, 1.165) is 0 Å². The van der Waals surface area contributed by atoms with E-state index in [0.29, 0.717) is 5.69 Å². The van der Waals surface area contributed by atoms with Gasteiger partial charge >= 0.3 is 5.63 Å². The highest BCUT2D eigenvalue weighted by Crippen LogP contribution is 2.00. The third-order valence-electron chi connectivity index (χ3n) is 1.58. The van der Waals surface area contributed by atoms with Crippen molar-refractivity contribution in [1.29, 1.82) is 0 Å². The summed E-state index contributed by atoms with van der Waals surface area (Å²) in [5.41, 5.74) is 0.150. The Kier molecular flexibility index (Phi) is 1.70. The number of hydrogen-bond donors (Lipinski definition) is 1. The molecule has 5 heteroatoms. The van der Waals surface area contributed by atoms with Gasteiger partial charge in [-0.25, -0.2) is 9.18 Å². The number of nitrogens with zero attached hydrogens (tertiary/aromatic N) is 1. The molecular formula is C8H6FN2O2+. The van der Waals surface area contributed by atoms with Crippen LogP contribution >= 0.6 is 0 Å². The highest BCUT2D eigenvalue weighted by molar-refractivity contribution is 5.21. The number of hydrogen-bond acceptors (Lipinski definition) is 2. The number of aromatic amines is 1. The van der Waals surface area contributed by atoms with Crippen LogP contribution in [0.4, 0.5) is 4.39 Å². The summed E-state index contributed by atoms with van der Waals surface area (Å²) in [6, 6.07) is 5.66. The topological polar surface area (TPSA) is 49.9 Å². The van der Waals surface area contributed by atoms with Gasteiger partial charge in [0, 0.05) is 12.1 Å². The fourth-order valence-corrected chi connectivity index (χ4v) is 0.981. The molecule has 0 aliphatic heterocycles. The largest absolute Gasteiger partial charge is 0.427 e. The molecule has 0 aliphatic rings. The average molecular weight is 180 g/mol. The van der Waals surface area contributed by atoms with Crippen LogP contribution in [-0.4, -0.2) is 5.27 Å². The van der Waals surface area contributed by atoms with Gasteiger partial charge in [0.2, 0.25) is 5.69 Å². The van der Waals surface area contributed by atoms with Crippen molar-refractivity contribution in [1.82, 2.24) is 5.27 Å². The van der Waals surface area contributed by atoms with E-state index in [2.05, 4.69) is 9.79 Å². The summed E-state index contributed by atoms with van der Waals surface area (Å²) in [5, 5.41) is 2.35. The molecule has 0 atom stereocenters. The predicted octanol–water partition coefficient (Wildman–Crippen LogP) is 0.384. The summed E-state index contributed by atoms with van der Waals surface area (Å²) < 4.78 is 18.3. The van der Waals surface area contributed by atoms with Crippen LogP contribution in [0, 0.1) is 5.82 Å². The standard InChI is InChI=1S/C8H5FN2O2/c9-6-1-3-7(4-2-6)11-5-8(12)13-10-11/h1-5H/p+1/i9-1. The molecule has 1 aromatic carbocycles. The first-order valence-electron chi connectivity index (χ1n) is 3.62. The lowest BCUT2D eigenvalue weighted by Crippen LogP contribution is -2.31. The van der Waals surface area contributed by atoms with Gasteiger partial charge in [-0.2, -0.15) is 0 Å². The van der Waals surface area contributed by atoms with Crippen LogP contribution in [0.1, 0.15) is 0 Å². The minimum Gasteiger partial charge on any atom is -0.283 e. The molecular weight excluding hydrogens is 174 g/mol. The third-order valence-corrected chi connectivity index (χ3v) is 1.58. The van der Waals surface area contributed by atoms with Crippen molar-refractivity contribution in [3.63, 3.8) is 0 Å². The highest BCUT2D eigenvalue weighted by atomic mass is 18.2. The first-order valence-corrected chi connectivity index (χ1v) is 3.62. The minimum absolute atomic E-state index is 0.324. The van der Waals surface area contributed by atoms with E-state index in [9.17, 15) is 9.18 Å². The first kappa shape index (κ1) is 7.72. The number of rotatable bonds is 1. The van der Waals surface area contributed by atoms with Crippen LogP contribution < -0.4 is 10.3 Å². The summed E-state index contributed by atoms with van der Waals surface area (Å²) in [7, 11) is 0. The van der Waals surface area contributed by atoms with Crippen molar-refractivity contribution in [2.24, 2.45) is 0 Å². The molecule has 66 valence electrons. The Balaban J connectivity index is 2.47. The molecule has 0 spiro atoms. The van der Waals surface area contributed by atoms with Crippen LogP contribution in [0.5, 0.6) is 0 Å². The Hall–Kier alpha value is -1.91. The Bertz CT molecular complexity index is 457. The normalized spacial score (nSPS) is 10.2. The van der Waals surface area contributed by atoms with Gasteiger partial charge in [0.15, 0.2) is 0 Å². The molecule has 0 aliphatic carbocycles. The molecule has 13 heavy (non-hydrogen) atoms. The van der Waals surface area contributed by atoms with E-state index in [1.54, 1.807) is 0 Å². The summed E-state index contributed by atoms with van der Waals surface area (Å²) in [4.78, 5) is 10.6. The van der Waals surface area contributed by atoms with Crippen molar-refractivity contribution in [3.8, 4) is 5.69 Å². The van der Waals surface area contributed by atoms with E-state index in [1.807, 2.05) is 0 Å². The predicted molar refractivity (Wildman–Crippen MR) is 40.8 cm³/mol. The van der Waals surface area contributed by atoms with Crippen molar-refractivity contribution in [3.05, 3.63) is 46.7 Å².